The molecule has 0 aromatic rings. The second kappa shape index (κ2) is 76.7. The maximum Gasteiger partial charge on any atom is 1.00 e. The van der Waals surface area contributed by atoms with Crippen LogP contribution in [0.1, 0.15) is 177 Å². The number of halogens is 6. The van der Waals surface area contributed by atoms with E-state index in [1.165, 1.54) is 270 Å². The molecule has 0 radical (unpaired) electrons. The number of hydrogen-bond donors (Lipinski definition) is 2. The molecule has 5 aliphatic rings. The van der Waals surface area contributed by atoms with Gasteiger partial charge in [-0.3, -0.25) is 9.41 Å². The van der Waals surface area contributed by atoms with Crippen molar-refractivity contribution in [3.05, 3.63) is 0 Å². The van der Waals surface area contributed by atoms with E-state index in [2.05, 4.69) is 115 Å². The van der Waals surface area contributed by atoms with Crippen LogP contribution in [0.2, 0.25) is 39.3 Å². The summed E-state index contributed by atoms with van der Waals surface area (Å²) in [5.41, 5.74) is 0. The van der Waals surface area contributed by atoms with E-state index in [1.807, 2.05) is 13.8 Å². The molecule has 13 nitrogen and oxygen atoms in total. The number of aliphatic hydroxyl groups excluding tert-OH is 1. The molecular weight excluding hydrogens is 1180 g/mol. The number of unbranched alkanes of at least 4 members (excludes halogenated alkanes) is 5. The summed E-state index contributed by atoms with van der Waals surface area (Å²) in [5, 5.41) is 7.00. The average molecular weight is 1330 g/mol. The van der Waals surface area contributed by atoms with E-state index >= 15 is 0 Å². The molecule has 8 N–H and O–H groups in total. The van der Waals surface area contributed by atoms with Crippen molar-refractivity contribution in [2.45, 2.75) is 216 Å². The largest absolute Gasteiger partial charge is 1.00 e. The molecule has 82 heavy (non-hydrogen) atoms. The van der Waals surface area contributed by atoms with Gasteiger partial charge in [0.2, 0.25) is 8.41 Å². The number of likely N-dealkylation sites (tertiary alicyclic amines) is 5. The minimum Gasteiger partial charge on any atom is -1.00 e. The van der Waals surface area contributed by atoms with E-state index in [0.29, 0.717) is 0 Å². The first kappa shape index (κ1) is 123. The number of rotatable bonds is 19. The molecule has 0 aromatic heterocycles. The number of aliphatic hydroxyl groups is 1. The SMILES string of the molecule is C=N[Si](C)(C)C.CC.CCCC[N+]1(C)CCCC1.CCCC[N+]1(C)CCCC1.CCCC[N+]1(C)CCCC1.CCCC[N+]1(C)CCCC1.CCCC[N+]1(C)CCCC1.CO.COB(OC)OC.C[Si](C)(C)F.F.F.N.O.O.[Cl-].[Cl-].[F-].[K+].[K+]. The maximum atomic E-state index is 11.8. The van der Waals surface area contributed by atoms with E-state index in [4.69, 9.17) is 5.11 Å². The molecule has 0 saturated carbocycles. The van der Waals surface area contributed by atoms with Gasteiger partial charge in [-0.15, -0.1) is 0 Å². The van der Waals surface area contributed by atoms with E-state index < -0.39 is 24.0 Å². The topological polar surface area (TPSA) is 158 Å². The van der Waals surface area contributed by atoms with Crippen LogP contribution in [0.4, 0.5) is 13.5 Å². The molecule has 502 valence electrons. The molecule has 0 amide bonds. The monoisotopic (exact) mass is 1330 g/mol. The van der Waals surface area contributed by atoms with E-state index in [0.717, 1.165) is 7.11 Å². The van der Waals surface area contributed by atoms with Crippen LogP contribution in [0.15, 0.2) is 4.66 Å². The summed E-state index contributed by atoms with van der Waals surface area (Å²) in [6.45, 7) is 51.7. The smallest absolute Gasteiger partial charge is 1.00 e. The minimum absolute atomic E-state index is 0. The first-order chi connectivity index (χ1) is 33.7. The molecule has 0 aliphatic carbocycles. The number of quaternary nitrogens is 5. The Morgan fingerprint density at radius 2 is 0.549 bits per heavy atom. The zero-order valence-corrected chi connectivity index (χ0v) is 69.2. The van der Waals surface area contributed by atoms with Gasteiger partial charge >= 0.3 is 110 Å². The molecule has 5 fully saturated rings. The van der Waals surface area contributed by atoms with Crippen LogP contribution in [-0.4, -0.2) is 231 Å². The van der Waals surface area contributed by atoms with Crippen LogP contribution in [0.25, 0.3) is 0 Å². The number of nitrogens with zero attached hydrogens (tertiary/aromatic N) is 6. The van der Waals surface area contributed by atoms with Crippen molar-refractivity contribution in [2.75, 3.05) is 162 Å². The summed E-state index contributed by atoms with van der Waals surface area (Å²) in [5.74, 6) is 0. The average Bonchev–Trinajstić information content (AvgIpc) is 4.23. The van der Waals surface area contributed by atoms with Gasteiger partial charge in [0.25, 0.3) is 0 Å². The Balaban J connectivity index is -0.0000000473. The molecule has 0 unspecified atom stereocenters. The second-order valence-electron chi connectivity index (χ2n) is 24.6. The van der Waals surface area contributed by atoms with Gasteiger partial charge in [0.1, 0.15) is 0 Å². The van der Waals surface area contributed by atoms with Crippen molar-refractivity contribution >= 4 is 30.7 Å². The molecule has 24 heteroatoms. The predicted molar refractivity (Wildman–Crippen MR) is 346 cm³/mol. The Kier molecular flexibility index (Phi) is 115. The molecule has 5 rings (SSSR count). The maximum absolute atomic E-state index is 11.8. The van der Waals surface area contributed by atoms with Crippen LogP contribution in [0.5, 0.6) is 0 Å². The summed E-state index contributed by atoms with van der Waals surface area (Å²) in [6, 6.07) is 0. The predicted octanol–water partition coefficient (Wildman–Crippen LogP) is -2.17. The third kappa shape index (κ3) is 83.3. The molecule has 5 aliphatic heterocycles. The van der Waals surface area contributed by atoms with Crippen LogP contribution < -0.4 is 138 Å². The first-order valence-electron chi connectivity index (χ1n) is 30.1. The molecule has 5 saturated heterocycles. The van der Waals surface area contributed by atoms with Crippen molar-refractivity contribution in [2.24, 2.45) is 4.66 Å². The standard InChI is InChI=1S/5C9H20N.C4H11NSi.C3H9BO3.C3H9FSi.C2H6.CH4O.2ClH.3FH.2K.H3N.2H2O/c5*1-3-4-7-10(2)8-5-6-9-10;1-5-6(2,3)4;1-5-4(6-2)7-3;1-5(2,3)4;2*1-2;;;;;;;;;;/h5*3-9H2,1-2H3;1H2,2-4H3;1-3H3;1-3H3;1-2H3;2H,1H3;5*1H;;;1H3;2*1H2/q5*+1;;;;;;;;;;;2*+1;;;/p-3. The second-order valence-corrected chi connectivity index (χ2v) is 33.4. The van der Waals surface area contributed by atoms with Crippen LogP contribution >= 0.6 is 0 Å². The third-order valence-electron chi connectivity index (χ3n) is 14.5. The van der Waals surface area contributed by atoms with E-state index in [-0.39, 0.29) is 159 Å². The third-order valence-corrected chi connectivity index (χ3v) is 15.5. The van der Waals surface area contributed by atoms with Gasteiger partial charge in [0.05, 0.1) is 133 Å². The zero-order valence-electron chi connectivity index (χ0n) is 59.4. The quantitative estimate of drug-likeness (QED) is 0.0496. The summed E-state index contributed by atoms with van der Waals surface area (Å²) in [7, 11) is 13.8. The van der Waals surface area contributed by atoms with Crippen molar-refractivity contribution in [1.29, 1.82) is 0 Å². The van der Waals surface area contributed by atoms with Crippen molar-refractivity contribution in [3.63, 3.8) is 0 Å². The molecule has 0 spiro atoms. The van der Waals surface area contributed by atoms with Gasteiger partial charge in [-0.25, -0.2) is 0 Å². The fourth-order valence-corrected chi connectivity index (χ4v) is 9.60. The Bertz CT molecular complexity index is 1010. The van der Waals surface area contributed by atoms with Gasteiger partial charge in [-0.1, -0.05) is 100 Å². The van der Waals surface area contributed by atoms with Crippen molar-refractivity contribution in [3.8, 4) is 0 Å². The van der Waals surface area contributed by atoms with Gasteiger partial charge in [0.15, 0.2) is 8.24 Å². The molecule has 5 heterocycles. The van der Waals surface area contributed by atoms with E-state index in [9.17, 15) is 4.11 Å². The van der Waals surface area contributed by atoms with Crippen LogP contribution in [0.3, 0.4) is 0 Å². The van der Waals surface area contributed by atoms with Gasteiger partial charge in [-0.2, -0.15) is 0 Å². The van der Waals surface area contributed by atoms with Gasteiger partial charge in [-0.05, 0) is 58.5 Å². The zero-order chi connectivity index (χ0) is 56.7. The minimum atomic E-state index is -2.11. The Morgan fingerprint density at radius 1 is 0.439 bits per heavy atom. The van der Waals surface area contributed by atoms with Gasteiger partial charge < -0.3 is 96.9 Å². The Hall–Kier alpha value is 3.26. The summed E-state index contributed by atoms with van der Waals surface area (Å²) in [4.78, 5) is 0. The van der Waals surface area contributed by atoms with Crippen molar-refractivity contribution in [1.82, 2.24) is 6.15 Å². The van der Waals surface area contributed by atoms with E-state index in [1.54, 1.807) is 19.6 Å². The molecule has 0 atom stereocenters. The van der Waals surface area contributed by atoms with Crippen LogP contribution in [-0.2, 0) is 14.0 Å². The fraction of sp³-hybridized carbons (Fsp3) is 0.983. The Labute approximate surface area is 610 Å². The van der Waals surface area contributed by atoms with Crippen LogP contribution in [0, 0.1) is 0 Å². The summed E-state index contributed by atoms with van der Waals surface area (Å²) >= 11 is 0. The first-order valence-corrected chi connectivity index (χ1v) is 36.9. The van der Waals surface area contributed by atoms with Crippen molar-refractivity contribution < 1.29 is 198 Å². The fourth-order valence-electron chi connectivity index (χ4n) is 9.60. The Morgan fingerprint density at radius 3 is 0.610 bits per heavy atom. The summed E-state index contributed by atoms with van der Waals surface area (Å²) < 4.78 is 36.3. The number of hydrogen-bond acceptors (Lipinski definition) is 6. The van der Waals surface area contributed by atoms with Gasteiger partial charge in [0, 0.05) is 92.6 Å². The summed E-state index contributed by atoms with van der Waals surface area (Å²) in [6.07, 6.45) is 28.4. The molecule has 0 bridgehead atoms. The molecule has 0 aromatic carbocycles. The normalized spacial score (nSPS) is 16.7. The molecular formula is C58H148BCl2F4K2N7O6Si2+4.